The maximum absolute atomic E-state index is 2.67. The molecule has 0 bridgehead atoms. The maximum Gasteiger partial charge on any atom is 0.0746 e. The monoisotopic (exact) mass is 947 g/mol. The van der Waals surface area contributed by atoms with E-state index in [4.69, 9.17) is 0 Å². The third-order valence-corrected chi connectivity index (χ3v) is 17.7. The van der Waals surface area contributed by atoms with Crippen LogP contribution in [0.1, 0.15) is 44.5 Å². The lowest BCUT2D eigenvalue weighted by molar-refractivity contribution is 0.790. The summed E-state index contributed by atoms with van der Waals surface area (Å²) in [6, 6.07) is 104. The normalized spacial score (nSPS) is 14.1. The first-order valence-corrected chi connectivity index (χ1v) is 26.3. The first-order valence-electron chi connectivity index (χ1n) is 26.3. The maximum atomic E-state index is 2.67. The molecule has 0 N–H and O–H groups in total. The molecule has 346 valence electrons. The molecule has 0 aromatic heterocycles. The molecular formula is C74H45N. The van der Waals surface area contributed by atoms with Gasteiger partial charge in [-0.2, -0.15) is 0 Å². The molecule has 0 saturated heterocycles. The van der Waals surface area contributed by atoms with Crippen LogP contribution in [0, 0.1) is 0 Å². The summed E-state index contributed by atoms with van der Waals surface area (Å²) < 4.78 is 0. The summed E-state index contributed by atoms with van der Waals surface area (Å²) in [7, 11) is 0. The molecule has 13 aromatic carbocycles. The minimum Gasteiger partial charge on any atom is -0.309 e. The Morgan fingerprint density at radius 3 is 1.11 bits per heavy atom. The summed E-state index contributed by atoms with van der Waals surface area (Å²) in [5.41, 5.74) is 25.5. The molecule has 17 rings (SSSR count). The molecule has 4 aliphatic carbocycles. The fourth-order valence-electron chi connectivity index (χ4n) is 14.9. The van der Waals surface area contributed by atoms with E-state index in [-0.39, 0.29) is 0 Å². The summed E-state index contributed by atoms with van der Waals surface area (Å²) in [5, 5.41) is 7.54. The predicted molar refractivity (Wildman–Crippen MR) is 312 cm³/mol. The largest absolute Gasteiger partial charge is 0.309 e. The van der Waals surface area contributed by atoms with Crippen molar-refractivity contribution in [1.82, 2.24) is 0 Å². The number of nitrogens with zero attached hydrogens (tertiary/aromatic N) is 1. The molecule has 0 radical (unpaired) electrons. The van der Waals surface area contributed by atoms with E-state index in [9.17, 15) is 0 Å². The predicted octanol–water partition coefficient (Wildman–Crippen LogP) is 19.0. The zero-order valence-electron chi connectivity index (χ0n) is 40.9. The second-order valence-electron chi connectivity index (χ2n) is 20.9. The van der Waals surface area contributed by atoms with Crippen molar-refractivity contribution in [3.63, 3.8) is 0 Å². The Morgan fingerprint density at radius 2 is 0.600 bits per heavy atom. The van der Waals surface area contributed by atoms with Gasteiger partial charge in [-0.05, 0) is 152 Å². The Bertz CT molecular complexity index is 4470. The van der Waals surface area contributed by atoms with Gasteiger partial charge in [0.1, 0.15) is 0 Å². The number of rotatable bonds is 4. The van der Waals surface area contributed by atoms with Gasteiger partial charge >= 0.3 is 0 Å². The van der Waals surface area contributed by atoms with Gasteiger partial charge in [0.05, 0.1) is 22.2 Å². The third kappa shape index (κ3) is 5.12. The van der Waals surface area contributed by atoms with Crippen molar-refractivity contribution in [2.75, 3.05) is 4.90 Å². The van der Waals surface area contributed by atoms with Gasteiger partial charge < -0.3 is 4.90 Å². The first kappa shape index (κ1) is 41.0. The van der Waals surface area contributed by atoms with Gasteiger partial charge in [0.15, 0.2) is 0 Å². The smallest absolute Gasteiger partial charge is 0.0746 e. The van der Waals surface area contributed by atoms with E-state index >= 15 is 0 Å². The molecular weight excluding hydrogens is 903 g/mol. The Balaban J connectivity index is 1.06. The molecule has 1 nitrogen and oxygen atoms in total. The number of hydrogen-bond acceptors (Lipinski definition) is 1. The van der Waals surface area contributed by atoms with Gasteiger partial charge in [-0.3, -0.25) is 0 Å². The van der Waals surface area contributed by atoms with Crippen molar-refractivity contribution in [2.45, 2.75) is 10.8 Å². The molecule has 75 heavy (non-hydrogen) atoms. The van der Waals surface area contributed by atoms with Crippen LogP contribution >= 0.6 is 0 Å². The summed E-state index contributed by atoms with van der Waals surface area (Å²) in [6.45, 7) is 0. The van der Waals surface area contributed by atoms with Crippen molar-refractivity contribution < 1.29 is 0 Å². The molecule has 4 aliphatic rings. The fraction of sp³-hybridized carbons (Fsp3) is 0.0270. The lowest BCUT2D eigenvalue weighted by Gasteiger charge is -2.37. The standard InChI is InChI=1S/C74H45N/c1-2-21-46(22-3-1)60-44-62-58-32-13-16-36-65(58)73(63-34-14-8-27-53(63)54-28-9-15-35-64(54)73)69(62)45-71(60)75(47-41-42-52-50-25-5-4-23-48(50)49-24-6-7-26-51(49)61(52)43-47)70-40-20-33-59-57-31-12-19-39-68(57)74(72(59)70)66-37-17-10-29-55(66)56-30-11-18-38-67(56)74/h1-45H. The topological polar surface area (TPSA) is 3.24 Å². The van der Waals surface area contributed by atoms with Crippen LogP contribution in [-0.2, 0) is 10.8 Å². The van der Waals surface area contributed by atoms with Crippen LogP contribution in [0.15, 0.2) is 273 Å². The first-order chi connectivity index (χ1) is 37.2. The van der Waals surface area contributed by atoms with Crippen molar-refractivity contribution in [3.8, 4) is 55.6 Å². The van der Waals surface area contributed by atoms with Crippen molar-refractivity contribution in [3.05, 3.63) is 317 Å². The molecule has 0 aliphatic heterocycles. The Morgan fingerprint density at radius 1 is 0.213 bits per heavy atom. The van der Waals surface area contributed by atoms with E-state index < -0.39 is 10.8 Å². The van der Waals surface area contributed by atoms with E-state index in [1.807, 2.05) is 0 Å². The molecule has 0 saturated carbocycles. The Hall–Kier alpha value is -9.56. The molecule has 0 unspecified atom stereocenters. The molecule has 13 aromatic rings. The quantitative estimate of drug-likeness (QED) is 0.159. The van der Waals surface area contributed by atoms with Gasteiger partial charge in [0, 0.05) is 16.8 Å². The number of anilines is 3. The van der Waals surface area contributed by atoms with Crippen LogP contribution in [0.4, 0.5) is 17.1 Å². The summed E-state index contributed by atoms with van der Waals surface area (Å²) in [5.74, 6) is 0. The highest BCUT2D eigenvalue weighted by atomic mass is 15.2. The molecule has 0 fully saturated rings. The van der Waals surface area contributed by atoms with Crippen molar-refractivity contribution in [1.29, 1.82) is 0 Å². The third-order valence-electron chi connectivity index (χ3n) is 17.7. The second-order valence-corrected chi connectivity index (χ2v) is 20.9. The SMILES string of the molecule is c1ccc(-c2cc3c(cc2N(c2ccc4c5ccccc5c5ccccc5c4c2)c2cccc4c2C2(c5ccccc5-c5ccccc52)c2ccccc2-4)C2(c4ccccc4-c4ccccc42)c2ccccc2-3)cc1. The van der Waals surface area contributed by atoms with Crippen molar-refractivity contribution >= 4 is 49.4 Å². The van der Waals surface area contributed by atoms with Crippen LogP contribution in [-0.4, -0.2) is 0 Å². The van der Waals surface area contributed by atoms with Crippen LogP contribution < -0.4 is 4.90 Å². The van der Waals surface area contributed by atoms with Crippen LogP contribution in [0.5, 0.6) is 0 Å². The number of benzene rings is 13. The lowest BCUT2D eigenvalue weighted by atomic mass is 9.69. The van der Waals surface area contributed by atoms with E-state index in [1.165, 1.54) is 132 Å². The highest BCUT2D eigenvalue weighted by Crippen LogP contribution is 2.68. The average molecular weight is 948 g/mol. The van der Waals surface area contributed by atoms with Crippen LogP contribution in [0.3, 0.4) is 0 Å². The van der Waals surface area contributed by atoms with Gasteiger partial charge in [-0.15, -0.1) is 0 Å². The highest BCUT2D eigenvalue weighted by molar-refractivity contribution is 6.26. The molecule has 1 heteroatoms. The van der Waals surface area contributed by atoms with E-state index in [2.05, 4.69) is 278 Å². The Kier molecular flexibility index (Phi) is 8.20. The number of hydrogen-bond donors (Lipinski definition) is 0. The molecule has 0 atom stereocenters. The molecule has 0 amide bonds. The zero-order valence-corrected chi connectivity index (χ0v) is 40.9. The summed E-state index contributed by atoms with van der Waals surface area (Å²) in [4.78, 5) is 2.67. The minimum atomic E-state index is -0.599. The minimum absolute atomic E-state index is 0.549. The van der Waals surface area contributed by atoms with E-state index in [0.29, 0.717) is 0 Å². The van der Waals surface area contributed by atoms with Gasteiger partial charge in [0.25, 0.3) is 0 Å². The van der Waals surface area contributed by atoms with Crippen LogP contribution in [0.2, 0.25) is 0 Å². The summed E-state index contributed by atoms with van der Waals surface area (Å²) in [6.07, 6.45) is 0. The van der Waals surface area contributed by atoms with Gasteiger partial charge in [-0.25, -0.2) is 0 Å². The fourth-order valence-corrected chi connectivity index (χ4v) is 14.9. The van der Waals surface area contributed by atoms with Gasteiger partial charge in [-0.1, -0.05) is 243 Å². The van der Waals surface area contributed by atoms with E-state index in [1.54, 1.807) is 0 Å². The van der Waals surface area contributed by atoms with Gasteiger partial charge in [0.2, 0.25) is 0 Å². The second kappa shape index (κ2) is 15.0. The molecule has 0 heterocycles. The van der Waals surface area contributed by atoms with Crippen molar-refractivity contribution in [2.24, 2.45) is 0 Å². The Labute approximate surface area is 435 Å². The highest BCUT2D eigenvalue weighted by Gasteiger charge is 2.55. The zero-order chi connectivity index (χ0) is 49.0. The summed E-state index contributed by atoms with van der Waals surface area (Å²) >= 11 is 0. The van der Waals surface area contributed by atoms with Crippen LogP contribution in [0.25, 0.3) is 88.0 Å². The lowest BCUT2D eigenvalue weighted by Crippen LogP contribution is -2.29. The number of fused-ring (bicyclic) bond motifs is 26. The molecule has 2 spiro atoms. The van der Waals surface area contributed by atoms with E-state index in [0.717, 1.165) is 17.1 Å². The average Bonchev–Trinajstić information content (AvgIpc) is 4.23.